The van der Waals surface area contributed by atoms with E-state index in [-0.39, 0.29) is 17.1 Å². The van der Waals surface area contributed by atoms with E-state index in [2.05, 4.69) is 29.6 Å². The summed E-state index contributed by atoms with van der Waals surface area (Å²) in [6.45, 7) is 4.15. The second-order valence-corrected chi connectivity index (χ2v) is 10.1. The molecule has 0 bridgehead atoms. The number of ketones is 1. The van der Waals surface area contributed by atoms with Crippen LogP contribution in [-0.2, 0) is 4.79 Å². The molecule has 1 aliphatic heterocycles. The van der Waals surface area contributed by atoms with Crippen molar-refractivity contribution in [2.75, 3.05) is 10.6 Å². The fraction of sp³-hybridized carbons (Fsp3) is 0.240. The summed E-state index contributed by atoms with van der Waals surface area (Å²) in [7, 11) is 0. The zero-order chi connectivity index (χ0) is 23.3. The van der Waals surface area contributed by atoms with Crippen molar-refractivity contribution in [1.29, 1.82) is 0 Å². The van der Waals surface area contributed by atoms with Crippen molar-refractivity contribution >= 4 is 46.4 Å². The van der Waals surface area contributed by atoms with E-state index in [0.717, 1.165) is 11.3 Å². The molecular weight excluding hydrogens is 459 g/mol. The Bertz CT molecular complexity index is 1290. The van der Waals surface area contributed by atoms with Crippen molar-refractivity contribution in [3.63, 3.8) is 0 Å². The number of nitrogens with zero attached hydrogens (tertiary/aromatic N) is 2. The van der Waals surface area contributed by atoms with Gasteiger partial charge in [0.05, 0.1) is 6.20 Å². The number of fused-ring (bicyclic) bond motifs is 1. The normalized spacial score (nSPS) is 18.9. The molecule has 0 radical (unpaired) electrons. The number of hydrogen-bond donors (Lipinski definition) is 2. The summed E-state index contributed by atoms with van der Waals surface area (Å²) in [6.07, 6.45) is 2.68. The first kappa shape index (κ1) is 21.7. The topological polar surface area (TPSA) is 76.0 Å². The first-order chi connectivity index (χ1) is 15.7. The first-order valence-corrected chi connectivity index (χ1v) is 11.4. The van der Waals surface area contributed by atoms with Crippen LogP contribution in [0.25, 0.3) is 0 Å². The van der Waals surface area contributed by atoms with Gasteiger partial charge in [-0.1, -0.05) is 49.2 Å². The van der Waals surface area contributed by atoms with Gasteiger partial charge in [-0.05, 0) is 53.8 Å². The predicted molar refractivity (Wildman–Crippen MR) is 130 cm³/mol. The standard InChI is InChI=1S/C25H22Cl2N4O2/c1-25(2)11-19-21(20(32)12-25)22(14-3-5-15(26)6-4-14)31-23(30-19)18(13-28-31)24(33)29-17-9-7-16(27)8-10-17/h3-10,13,22,30H,11-12H2,1-2H3,(H,29,33)/t22-/m0/s1. The average Bonchev–Trinajstić information content (AvgIpc) is 3.17. The molecule has 6 nitrogen and oxygen atoms in total. The Balaban J connectivity index is 1.58. The summed E-state index contributed by atoms with van der Waals surface area (Å²) in [5.41, 5.74) is 3.26. The van der Waals surface area contributed by atoms with Crippen LogP contribution in [0.2, 0.25) is 10.0 Å². The van der Waals surface area contributed by atoms with Crippen molar-refractivity contribution in [2.45, 2.75) is 32.7 Å². The lowest BCUT2D eigenvalue weighted by molar-refractivity contribution is -0.118. The van der Waals surface area contributed by atoms with E-state index in [9.17, 15) is 9.59 Å². The largest absolute Gasteiger partial charge is 0.343 e. The smallest absolute Gasteiger partial charge is 0.261 e. The molecular formula is C25H22Cl2N4O2. The molecule has 0 saturated carbocycles. The van der Waals surface area contributed by atoms with Gasteiger partial charge in [0, 0.05) is 33.4 Å². The summed E-state index contributed by atoms with van der Waals surface area (Å²) in [5, 5.41) is 12.0. The van der Waals surface area contributed by atoms with Gasteiger partial charge >= 0.3 is 0 Å². The average molecular weight is 481 g/mol. The van der Waals surface area contributed by atoms with Gasteiger partial charge in [-0.2, -0.15) is 5.10 Å². The number of allylic oxidation sites excluding steroid dienone is 2. The van der Waals surface area contributed by atoms with Crippen LogP contribution in [-0.4, -0.2) is 21.5 Å². The van der Waals surface area contributed by atoms with E-state index in [0.29, 0.717) is 45.5 Å². The minimum atomic E-state index is -0.436. The summed E-state index contributed by atoms with van der Waals surface area (Å²) in [4.78, 5) is 26.4. The zero-order valence-electron chi connectivity index (χ0n) is 18.2. The number of benzene rings is 2. The van der Waals surface area contributed by atoms with E-state index in [1.54, 1.807) is 41.1 Å². The van der Waals surface area contributed by atoms with Gasteiger partial charge in [-0.3, -0.25) is 9.59 Å². The lowest BCUT2D eigenvalue weighted by Gasteiger charge is -2.39. The highest BCUT2D eigenvalue weighted by molar-refractivity contribution is 6.30. The number of anilines is 2. The zero-order valence-corrected chi connectivity index (χ0v) is 19.7. The third-order valence-electron chi connectivity index (χ3n) is 6.04. The van der Waals surface area contributed by atoms with Gasteiger partial charge in [0.1, 0.15) is 17.4 Å². The molecule has 0 saturated heterocycles. The number of rotatable bonds is 3. The summed E-state index contributed by atoms with van der Waals surface area (Å²) < 4.78 is 1.72. The van der Waals surface area contributed by atoms with Crippen molar-refractivity contribution in [1.82, 2.24) is 9.78 Å². The van der Waals surface area contributed by atoms with E-state index < -0.39 is 6.04 Å². The molecule has 1 amide bonds. The Morgan fingerprint density at radius 1 is 1.06 bits per heavy atom. The van der Waals surface area contributed by atoms with E-state index in [1.807, 2.05) is 12.1 Å². The maximum Gasteiger partial charge on any atom is 0.261 e. The molecule has 1 atom stereocenters. The van der Waals surface area contributed by atoms with Crippen LogP contribution in [0, 0.1) is 5.41 Å². The van der Waals surface area contributed by atoms with Crippen LogP contribution in [0.1, 0.15) is 48.7 Å². The highest BCUT2D eigenvalue weighted by Gasteiger charge is 2.42. The van der Waals surface area contributed by atoms with Gasteiger partial charge in [0.15, 0.2) is 5.78 Å². The molecule has 2 aliphatic rings. The molecule has 1 aliphatic carbocycles. The number of nitrogens with one attached hydrogen (secondary N) is 2. The van der Waals surface area contributed by atoms with Gasteiger partial charge < -0.3 is 10.6 Å². The summed E-state index contributed by atoms with van der Waals surface area (Å²) >= 11 is 12.1. The van der Waals surface area contributed by atoms with Crippen LogP contribution < -0.4 is 10.6 Å². The molecule has 0 fully saturated rings. The Kier molecular flexibility index (Phi) is 5.30. The first-order valence-electron chi connectivity index (χ1n) is 10.6. The minimum absolute atomic E-state index is 0.0852. The molecule has 0 spiro atoms. The number of carbonyl (C=O) groups is 2. The van der Waals surface area contributed by atoms with Gasteiger partial charge in [-0.15, -0.1) is 0 Å². The highest BCUT2D eigenvalue weighted by atomic mass is 35.5. The quantitative estimate of drug-likeness (QED) is 0.474. The Morgan fingerprint density at radius 3 is 2.36 bits per heavy atom. The Labute approximate surface area is 201 Å². The Hall–Kier alpha value is -3.09. The predicted octanol–water partition coefficient (Wildman–Crippen LogP) is 6.10. The lowest BCUT2D eigenvalue weighted by Crippen LogP contribution is -2.36. The number of amides is 1. The van der Waals surface area contributed by atoms with E-state index in [1.165, 1.54) is 6.20 Å². The molecule has 2 heterocycles. The molecule has 5 rings (SSSR count). The molecule has 168 valence electrons. The van der Waals surface area contributed by atoms with Crippen molar-refractivity contribution < 1.29 is 9.59 Å². The SMILES string of the molecule is CC1(C)CC(=O)C2=C(C1)Nc1c(C(=O)Nc3ccc(Cl)cc3)cnn1[C@H]2c1ccc(Cl)cc1. The molecule has 2 N–H and O–H groups in total. The van der Waals surface area contributed by atoms with E-state index >= 15 is 0 Å². The molecule has 1 aromatic heterocycles. The number of carbonyl (C=O) groups excluding carboxylic acids is 2. The minimum Gasteiger partial charge on any atom is -0.343 e. The van der Waals surface area contributed by atoms with Gasteiger partial charge in [0.2, 0.25) is 0 Å². The second kappa shape index (κ2) is 8.04. The van der Waals surface area contributed by atoms with Crippen molar-refractivity contribution in [3.05, 3.63) is 87.2 Å². The van der Waals surface area contributed by atoms with Crippen LogP contribution in [0.5, 0.6) is 0 Å². The fourth-order valence-corrected chi connectivity index (χ4v) is 4.81. The maximum absolute atomic E-state index is 13.3. The monoisotopic (exact) mass is 480 g/mol. The number of Topliss-reactive ketones (excluding diaryl/α,β-unsaturated/α-hetero) is 1. The third kappa shape index (κ3) is 4.05. The van der Waals surface area contributed by atoms with Gasteiger partial charge in [0.25, 0.3) is 5.91 Å². The van der Waals surface area contributed by atoms with E-state index in [4.69, 9.17) is 23.2 Å². The van der Waals surface area contributed by atoms with Crippen molar-refractivity contribution in [2.24, 2.45) is 5.41 Å². The third-order valence-corrected chi connectivity index (χ3v) is 6.54. The summed E-state index contributed by atoms with van der Waals surface area (Å²) in [5.74, 6) is 0.346. The Morgan fingerprint density at radius 2 is 1.70 bits per heavy atom. The molecule has 33 heavy (non-hydrogen) atoms. The molecule has 2 aromatic carbocycles. The van der Waals surface area contributed by atoms with Crippen LogP contribution in [0.3, 0.4) is 0 Å². The van der Waals surface area contributed by atoms with Crippen LogP contribution in [0.15, 0.2) is 66.0 Å². The van der Waals surface area contributed by atoms with Crippen molar-refractivity contribution in [3.8, 4) is 0 Å². The number of hydrogen-bond acceptors (Lipinski definition) is 4. The van der Waals surface area contributed by atoms with Gasteiger partial charge in [-0.25, -0.2) is 4.68 Å². The van der Waals surface area contributed by atoms with Crippen LogP contribution in [0.4, 0.5) is 11.5 Å². The fourth-order valence-electron chi connectivity index (χ4n) is 4.56. The molecule has 3 aromatic rings. The highest BCUT2D eigenvalue weighted by Crippen LogP contribution is 2.46. The summed E-state index contributed by atoms with van der Waals surface area (Å²) in [6, 6.07) is 13.9. The van der Waals surface area contributed by atoms with Crippen LogP contribution >= 0.6 is 23.2 Å². The lowest BCUT2D eigenvalue weighted by atomic mass is 9.73. The molecule has 0 unspecified atom stereocenters. The number of aromatic nitrogens is 2. The number of halogens is 2. The second-order valence-electron chi connectivity index (χ2n) is 9.22. The molecule has 8 heteroatoms. The maximum atomic E-state index is 13.3.